The minimum absolute atomic E-state index is 0.232. The number of halogens is 1. The number of ether oxygens (including phenoxy) is 1. The molecule has 0 fully saturated rings. The fourth-order valence-corrected chi connectivity index (χ4v) is 3.96. The molecule has 0 aliphatic heterocycles. The van der Waals surface area contributed by atoms with Crippen LogP contribution in [0.4, 0.5) is 11.4 Å². The maximum atomic E-state index is 12.7. The number of anilines is 2. The molecule has 0 saturated carbocycles. The van der Waals surface area contributed by atoms with Crippen molar-refractivity contribution in [2.45, 2.75) is 19.9 Å². The third kappa shape index (κ3) is 5.46. The van der Waals surface area contributed by atoms with Crippen LogP contribution in [0.25, 0.3) is 0 Å². The van der Waals surface area contributed by atoms with Gasteiger partial charge in [0.05, 0.1) is 24.1 Å². The first-order valence-electron chi connectivity index (χ1n) is 8.46. The van der Waals surface area contributed by atoms with Crippen LogP contribution >= 0.6 is 11.6 Å². The summed E-state index contributed by atoms with van der Waals surface area (Å²) in [6.45, 7) is 3.39. The standard InChI is InChI=1S/C19H21ClN2O5S/c1-4-27-19(24)14-7-5-9-16(11-14)21-18(23)13(2)22(28(3,25)26)17-10-6-8-15(20)12-17/h5-13H,4H2,1-3H3,(H,21,23)/t13-/m1/s1. The van der Waals surface area contributed by atoms with E-state index in [0.717, 1.165) is 10.6 Å². The fraction of sp³-hybridized carbons (Fsp3) is 0.263. The summed E-state index contributed by atoms with van der Waals surface area (Å²) in [6, 6.07) is 11.4. The van der Waals surface area contributed by atoms with Crippen LogP contribution < -0.4 is 9.62 Å². The summed E-state index contributed by atoms with van der Waals surface area (Å²) in [5.74, 6) is -1.07. The lowest BCUT2D eigenvalue weighted by Gasteiger charge is -2.28. The van der Waals surface area contributed by atoms with Crippen LogP contribution in [0.3, 0.4) is 0 Å². The van der Waals surface area contributed by atoms with Crippen molar-refractivity contribution < 1.29 is 22.7 Å². The fourth-order valence-electron chi connectivity index (χ4n) is 2.61. The third-order valence-corrected chi connectivity index (χ3v) is 5.27. The summed E-state index contributed by atoms with van der Waals surface area (Å²) >= 11 is 5.96. The number of hydrogen-bond donors (Lipinski definition) is 1. The lowest BCUT2D eigenvalue weighted by atomic mass is 10.2. The van der Waals surface area contributed by atoms with E-state index >= 15 is 0 Å². The van der Waals surface area contributed by atoms with Crippen molar-refractivity contribution in [2.75, 3.05) is 22.5 Å². The van der Waals surface area contributed by atoms with Gasteiger partial charge in [0, 0.05) is 10.7 Å². The van der Waals surface area contributed by atoms with Crippen molar-refractivity contribution in [1.82, 2.24) is 0 Å². The Morgan fingerprint density at radius 2 is 1.86 bits per heavy atom. The molecule has 150 valence electrons. The molecule has 0 aliphatic carbocycles. The first kappa shape index (κ1) is 21.7. The van der Waals surface area contributed by atoms with Gasteiger partial charge in [-0.25, -0.2) is 13.2 Å². The van der Waals surface area contributed by atoms with Crippen molar-refractivity contribution >= 4 is 44.9 Å². The molecule has 28 heavy (non-hydrogen) atoms. The molecular weight excluding hydrogens is 404 g/mol. The molecule has 2 aromatic rings. The molecule has 0 heterocycles. The minimum Gasteiger partial charge on any atom is -0.462 e. The average molecular weight is 425 g/mol. The Labute approximate surface area is 169 Å². The molecule has 1 atom stereocenters. The number of amides is 1. The van der Waals surface area contributed by atoms with Gasteiger partial charge in [0.2, 0.25) is 15.9 Å². The van der Waals surface area contributed by atoms with Crippen molar-refractivity contribution in [1.29, 1.82) is 0 Å². The number of rotatable bonds is 7. The van der Waals surface area contributed by atoms with Crippen molar-refractivity contribution in [3.63, 3.8) is 0 Å². The Balaban J connectivity index is 2.27. The van der Waals surface area contributed by atoms with Crippen LogP contribution in [0.5, 0.6) is 0 Å². The van der Waals surface area contributed by atoms with E-state index < -0.39 is 27.9 Å². The molecule has 0 spiro atoms. The van der Waals surface area contributed by atoms with E-state index in [9.17, 15) is 18.0 Å². The molecule has 0 bridgehead atoms. The first-order valence-corrected chi connectivity index (χ1v) is 10.7. The smallest absolute Gasteiger partial charge is 0.338 e. The topological polar surface area (TPSA) is 92.8 Å². The molecule has 0 radical (unpaired) electrons. The van der Waals surface area contributed by atoms with Gasteiger partial charge in [-0.3, -0.25) is 9.10 Å². The highest BCUT2D eigenvalue weighted by Crippen LogP contribution is 2.24. The second-order valence-corrected chi connectivity index (χ2v) is 8.30. The van der Waals surface area contributed by atoms with E-state index in [1.807, 2.05) is 0 Å². The van der Waals surface area contributed by atoms with E-state index in [1.54, 1.807) is 43.3 Å². The molecule has 1 amide bonds. The van der Waals surface area contributed by atoms with Gasteiger partial charge in [-0.05, 0) is 50.2 Å². The molecule has 2 aromatic carbocycles. The van der Waals surface area contributed by atoms with Crippen LogP contribution in [-0.4, -0.2) is 39.2 Å². The zero-order chi connectivity index (χ0) is 20.9. The summed E-state index contributed by atoms with van der Waals surface area (Å²) < 4.78 is 30.5. The highest BCUT2D eigenvalue weighted by Gasteiger charge is 2.29. The highest BCUT2D eigenvalue weighted by molar-refractivity contribution is 7.92. The van der Waals surface area contributed by atoms with Gasteiger partial charge in [-0.1, -0.05) is 23.7 Å². The summed E-state index contributed by atoms with van der Waals surface area (Å²) in [5.41, 5.74) is 0.905. The molecule has 1 N–H and O–H groups in total. The number of hydrogen-bond acceptors (Lipinski definition) is 5. The zero-order valence-electron chi connectivity index (χ0n) is 15.7. The minimum atomic E-state index is -3.76. The molecular formula is C19H21ClN2O5S. The molecule has 0 aromatic heterocycles. The van der Waals surface area contributed by atoms with Gasteiger partial charge in [-0.2, -0.15) is 0 Å². The van der Waals surface area contributed by atoms with Crippen LogP contribution in [0.2, 0.25) is 5.02 Å². The van der Waals surface area contributed by atoms with Gasteiger partial charge in [0.25, 0.3) is 0 Å². The number of nitrogens with one attached hydrogen (secondary N) is 1. The third-order valence-electron chi connectivity index (χ3n) is 3.79. The second kappa shape index (κ2) is 9.07. The van der Waals surface area contributed by atoms with E-state index in [2.05, 4.69) is 5.32 Å². The van der Waals surface area contributed by atoms with E-state index in [4.69, 9.17) is 16.3 Å². The SMILES string of the molecule is CCOC(=O)c1cccc(NC(=O)[C@@H](C)N(c2cccc(Cl)c2)S(C)(=O)=O)c1. The van der Waals surface area contributed by atoms with Gasteiger partial charge < -0.3 is 10.1 Å². The van der Waals surface area contributed by atoms with Crippen molar-refractivity contribution in [2.24, 2.45) is 0 Å². The average Bonchev–Trinajstić information content (AvgIpc) is 2.61. The second-order valence-electron chi connectivity index (χ2n) is 6.01. The number of benzene rings is 2. The molecule has 0 unspecified atom stereocenters. The van der Waals surface area contributed by atoms with Gasteiger partial charge in [-0.15, -0.1) is 0 Å². The van der Waals surface area contributed by atoms with Gasteiger partial charge >= 0.3 is 5.97 Å². The van der Waals surface area contributed by atoms with Crippen LogP contribution in [0.15, 0.2) is 48.5 Å². The first-order chi connectivity index (χ1) is 13.1. The Bertz CT molecular complexity index is 978. The number of esters is 1. The number of nitrogens with zero attached hydrogens (tertiary/aromatic N) is 1. The largest absolute Gasteiger partial charge is 0.462 e. The van der Waals surface area contributed by atoms with E-state index in [0.29, 0.717) is 10.7 Å². The summed E-state index contributed by atoms with van der Waals surface area (Å²) in [4.78, 5) is 24.5. The lowest BCUT2D eigenvalue weighted by molar-refractivity contribution is -0.116. The van der Waals surface area contributed by atoms with Crippen LogP contribution in [0.1, 0.15) is 24.2 Å². The Kier molecular flexibility index (Phi) is 7.04. The van der Waals surface area contributed by atoms with Crippen molar-refractivity contribution in [3.8, 4) is 0 Å². The Morgan fingerprint density at radius 1 is 1.18 bits per heavy atom. The van der Waals surface area contributed by atoms with Crippen molar-refractivity contribution in [3.05, 3.63) is 59.1 Å². The Morgan fingerprint density at radius 3 is 2.46 bits per heavy atom. The lowest BCUT2D eigenvalue weighted by Crippen LogP contribution is -2.45. The quantitative estimate of drug-likeness (QED) is 0.688. The predicted octanol–water partition coefficient (Wildman–Crippen LogP) is 3.31. The molecule has 2 rings (SSSR count). The van der Waals surface area contributed by atoms with E-state index in [-0.39, 0.29) is 17.9 Å². The summed E-state index contributed by atoms with van der Waals surface area (Å²) in [6.07, 6.45) is 1.01. The maximum Gasteiger partial charge on any atom is 0.338 e. The molecule has 9 heteroatoms. The summed E-state index contributed by atoms with van der Waals surface area (Å²) in [7, 11) is -3.76. The molecule has 0 saturated heterocycles. The maximum absolute atomic E-state index is 12.7. The number of sulfonamides is 1. The molecule has 0 aliphatic rings. The predicted molar refractivity (Wildman–Crippen MR) is 109 cm³/mol. The summed E-state index contributed by atoms with van der Waals surface area (Å²) in [5, 5.41) is 2.98. The van der Waals surface area contributed by atoms with Crippen LogP contribution in [-0.2, 0) is 19.6 Å². The number of carbonyl (C=O) groups is 2. The Hall–Kier alpha value is -2.58. The zero-order valence-corrected chi connectivity index (χ0v) is 17.3. The van der Waals surface area contributed by atoms with Gasteiger partial charge in [0.15, 0.2) is 0 Å². The molecule has 7 nitrogen and oxygen atoms in total. The van der Waals surface area contributed by atoms with E-state index in [1.165, 1.54) is 19.1 Å². The normalized spacial score (nSPS) is 12.1. The monoisotopic (exact) mass is 424 g/mol. The van der Waals surface area contributed by atoms with Crippen LogP contribution in [0, 0.1) is 0 Å². The van der Waals surface area contributed by atoms with Gasteiger partial charge in [0.1, 0.15) is 6.04 Å². The highest BCUT2D eigenvalue weighted by atomic mass is 35.5. The number of carbonyl (C=O) groups excluding carboxylic acids is 2.